The predicted octanol–water partition coefficient (Wildman–Crippen LogP) is 4.38. The number of fused-ring (bicyclic) bond motifs is 1. The van der Waals surface area contributed by atoms with Crippen LogP contribution in [0.2, 0.25) is 10.0 Å². The summed E-state index contributed by atoms with van der Waals surface area (Å²) in [4.78, 5) is 35.4. The molecular weight excluding hydrogens is 395 g/mol. The van der Waals surface area contributed by atoms with Crippen LogP contribution in [0.4, 0.5) is 0 Å². The van der Waals surface area contributed by atoms with Crippen LogP contribution in [-0.4, -0.2) is 11.9 Å². The van der Waals surface area contributed by atoms with Gasteiger partial charge in [-0.1, -0.05) is 29.3 Å². The van der Waals surface area contributed by atoms with Crippen molar-refractivity contribution in [3.8, 4) is 5.75 Å². The molecule has 0 aliphatic rings. The molecule has 27 heavy (non-hydrogen) atoms. The molecule has 0 spiro atoms. The van der Waals surface area contributed by atoms with Gasteiger partial charge in [-0.15, -0.1) is 0 Å². The number of esters is 2. The van der Waals surface area contributed by atoms with Crippen molar-refractivity contribution >= 4 is 46.1 Å². The summed E-state index contributed by atoms with van der Waals surface area (Å²) in [5, 5.41) is 1.05. The number of carbonyl (C=O) groups is 2. The Morgan fingerprint density at radius 1 is 1.04 bits per heavy atom. The summed E-state index contributed by atoms with van der Waals surface area (Å²) in [6.45, 7) is 1.36. The zero-order valence-electron chi connectivity index (χ0n) is 14.0. The molecule has 0 bridgehead atoms. The Morgan fingerprint density at radius 2 is 1.74 bits per heavy atom. The molecule has 0 aliphatic heterocycles. The summed E-state index contributed by atoms with van der Waals surface area (Å²) in [7, 11) is 0. The summed E-state index contributed by atoms with van der Waals surface area (Å²) in [6, 6.07) is 10.5. The van der Waals surface area contributed by atoms with Gasteiger partial charge in [-0.3, -0.25) is 4.79 Å². The minimum atomic E-state index is -0.908. The highest BCUT2D eigenvalue weighted by atomic mass is 35.5. The first-order valence-electron chi connectivity index (χ1n) is 7.70. The van der Waals surface area contributed by atoms with Gasteiger partial charge >= 0.3 is 17.6 Å². The summed E-state index contributed by atoms with van der Waals surface area (Å²) in [5.74, 6) is -1.23. The summed E-state index contributed by atoms with van der Waals surface area (Å²) < 4.78 is 15.3. The molecule has 0 atom stereocenters. The molecule has 3 rings (SSSR count). The fourth-order valence-corrected chi connectivity index (χ4v) is 2.85. The standard InChI is InChI=1S/C19H12Cl2O6/c1-10(22)25-9-11-2-3-17-12(4-11)5-16(19(24)27-17)18(23)26-15-7-13(20)6-14(21)8-15/h2-8H,9H2,1H3. The second kappa shape index (κ2) is 7.82. The average Bonchev–Trinajstić information content (AvgIpc) is 2.58. The van der Waals surface area contributed by atoms with Crippen LogP contribution in [0, 0.1) is 0 Å². The van der Waals surface area contributed by atoms with Gasteiger partial charge in [0.2, 0.25) is 0 Å². The highest BCUT2D eigenvalue weighted by Gasteiger charge is 2.17. The molecule has 0 N–H and O–H groups in total. The van der Waals surface area contributed by atoms with Crippen LogP contribution < -0.4 is 10.4 Å². The molecule has 6 nitrogen and oxygen atoms in total. The fraction of sp³-hybridized carbons (Fsp3) is 0.105. The van der Waals surface area contributed by atoms with Gasteiger partial charge in [-0.05, 0) is 42.0 Å². The zero-order valence-corrected chi connectivity index (χ0v) is 15.5. The summed E-state index contributed by atoms with van der Waals surface area (Å²) >= 11 is 11.7. The van der Waals surface area contributed by atoms with Crippen molar-refractivity contribution in [2.24, 2.45) is 0 Å². The first kappa shape index (κ1) is 18.9. The molecule has 3 aromatic rings. The number of benzene rings is 2. The molecule has 1 heterocycles. The van der Waals surface area contributed by atoms with Gasteiger partial charge in [0.1, 0.15) is 23.5 Å². The SMILES string of the molecule is CC(=O)OCc1ccc2oc(=O)c(C(=O)Oc3cc(Cl)cc(Cl)c3)cc2c1. The van der Waals surface area contributed by atoms with Gasteiger partial charge < -0.3 is 13.9 Å². The number of hydrogen-bond donors (Lipinski definition) is 0. The van der Waals surface area contributed by atoms with E-state index >= 15 is 0 Å². The van der Waals surface area contributed by atoms with Crippen LogP contribution in [0.25, 0.3) is 11.0 Å². The lowest BCUT2D eigenvalue weighted by atomic mass is 10.1. The Labute approximate surface area is 163 Å². The largest absolute Gasteiger partial charge is 0.461 e. The van der Waals surface area contributed by atoms with Crippen molar-refractivity contribution in [1.29, 1.82) is 0 Å². The van der Waals surface area contributed by atoms with Crippen molar-refractivity contribution in [1.82, 2.24) is 0 Å². The van der Waals surface area contributed by atoms with E-state index in [1.54, 1.807) is 18.2 Å². The van der Waals surface area contributed by atoms with Gasteiger partial charge in [-0.2, -0.15) is 0 Å². The van der Waals surface area contributed by atoms with Crippen LogP contribution in [0.1, 0.15) is 22.8 Å². The van der Waals surface area contributed by atoms with Crippen molar-refractivity contribution in [3.63, 3.8) is 0 Å². The minimum absolute atomic E-state index is 0.0607. The van der Waals surface area contributed by atoms with Crippen LogP contribution in [-0.2, 0) is 16.1 Å². The molecule has 2 aromatic carbocycles. The van der Waals surface area contributed by atoms with E-state index < -0.39 is 17.6 Å². The van der Waals surface area contributed by atoms with E-state index in [2.05, 4.69) is 0 Å². The molecule has 1 aromatic heterocycles. The van der Waals surface area contributed by atoms with E-state index in [0.717, 1.165) is 0 Å². The second-order valence-corrected chi connectivity index (χ2v) is 6.47. The van der Waals surface area contributed by atoms with Crippen LogP contribution >= 0.6 is 23.2 Å². The molecule has 0 saturated heterocycles. The number of ether oxygens (including phenoxy) is 2. The highest BCUT2D eigenvalue weighted by molar-refractivity contribution is 6.34. The molecule has 0 amide bonds. The lowest BCUT2D eigenvalue weighted by Crippen LogP contribution is -2.18. The van der Waals surface area contributed by atoms with Crippen molar-refractivity contribution in [2.75, 3.05) is 0 Å². The van der Waals surface area contributed by atoms with E-state index in [1.165, 1.54) is 31.2 Å². The maximum absolute atomic E-state index is 12.4. The van der Waals surface area contributed by atoms with Crippen molar-refractivity contribution in [3.05, 3.63) is 74.1 Å². The molecule has 138 valence electrons. The summed E-state index contributed by atoms with van der Waals surface area (Å²) in [6.07, 6.45) is 0. The monoisotopic (exact) mass is 406 g/mol. The Bertz CT molecular complexity index is 1080. The van der Waals surface area contributed by atoms with Gasteiger partial charge in [0, 0.05) is 22.4 Å². The molecule has 8 heteroatoms. The lowest BCUT2D eigenvalue weighted by molar-refractivity contribution is -0.142. The third-order valence-electron chi connectivity index (χ3n) is 3.51. The van der Waals surface area contributed by atoms with E-state index in [0.29, 0.717) is 10.9 Å². The first-order chi connectivity index (χ1) is 12.8. The molecule has 0 unspecified atom stereocenters. The second-order valence-electron chi connectivity index (χ2n) is 5.59. The third kappa shape index (κ3) is 4.67. The quantitative estimate of drug-likeness (QED) is 0.363. The van der Waals surface area contributed by atoms with Crippen LogP contribution in [0.5, 0.6) is 5.75 Å². The van der Waals surface area contributed by atoms with E-state index in [9.17, 15) is 14.4 Å². The third-order valence-corrected chi connectivity index (χ3v) is 3.94. The Morgan fingerprint density at radius 3 is 2.41 bits per heavy atom. The normalized spacial score (nSPS) is 10.6. The molecular formula is C19H12Cl2O6. The van der Waals surface area contributed by atoms with E-state index in [-0.39, 0.29) is 33.5 Å². The van der Waals surface area contributed by atoms with Gasteiger partial charge in [-0.25, -0.2) is 9.59 Å². The topological polar surface area (TPSA) is 82.8 Å². The van der Waals surface area contributed by atoms with E-state index in [1.807, 2.05) is 0 Å². The fourth-order valence-electron chi connectivity index (χ4n) is 2.34. The molecule has 0 fully saturated rings. The Kier molecular flexibility index (Phi) is 5.48. The summed E-state index contributed by atoms with van der Waals surface area (Å²) in [5.41, 5.74) is -0.169. The maximum Gasteiger partial charge on any atom is 0.351 e. The number of rotatable bonds is 4. The van der Waals surface area contributed by atoms with Crippen LogP contribution in [0.15, 0.2) is 51.7 Å². The number of hydrogen-bond acceptors (Lipinski definition) is 6. The zero-order chi connectivity index (χ0) is 19.6. The van der Waals surface area contributed by atoms with Gasteiger partial charge in [0.25, 0.3) is 0 Å². The van der Waals surface area contributed by atoms with E-state index in [4.69, 9.17) is 37.1 Å². The minimum Gasteiger partial charge on any atom is -0.461 e. The smallest absolute Gasteiger partial charge is 0.351 e. The molecule has 0 aliphatic carbocycles. The van der Waals surface area contributed by atoms with Gasteiger partial charge in [0.15, 0.2) is 0 Å². The lowest BCUT2D eigenvalue weighted by Gasteiger charge is -2.07. The first-order valence-corrected chi connectivity index (χ1v) is 8.46. The predicted molar refractivity (Wildman–Crippen MR) is 99.4 cm³/mol. The Balaban J connectivity index is 1.92. The Hall–Kier alpha value is -2.83. The molecule has 0 radical (unpaired) electrons. The van der Waals surface area contributed by atoms with Crippen molar-refractivity contribution in [2.45, 2.75) is 13.5 Å². The molecule has 0 saturated carbocycles. The average molecular weight is 407 g/mol. The maximum atomic E-state index is 12.4. The van der Waals surface area contributed by atoms with Crippen LogP contribution in [0.3, 0.4) is 0 Å². The number of carbonyl (C=O) groups excluding carboxylic acids is 2. The van der Waals surface area contributed by atoms with Gasteiger partial charge in [0.05, 0.1) is 0 Å². The highest BCUT2D eigenvalue weighted by Crippen LogP contribution is 2.25. The van der Waals surface area contributed by atoms with Crippen molar-refractivity contribution < 1.29 is 23.5 Å². The number of halogens is 2.